The topological polar surface area (TPSA) is 59.1 Å². The maximum atomic E-state index is 5.46. The first kappa shape index (κ1) is 13.5. The third kappa shape index (κ3) is 2.71. The van der Waals surface area contributed by atoms with Crippen molar-refractivity contribution in [2.75, 3.05) is 0 Å². The van der Waals surface area contributed by atoms with Crippen molar-refractivity contribution in [3.05, 3.63) is 58.3 Å². The molecule has 3 rings (SSSR count). The van der Waals surface area contributed by atoms with E-state index in [1.807, 2.05) is 50.2 Å². The van der Waals surface area contributed by atoms with Gasteiger partial charge in [-0.15, -0.1) is 0 Å². The Morgan fingerprint density at radius 1 is 1.24 bits per heavy atom. The lowest BCUT2D eigenvalue weighted by Crippen LogP contribution is -1.96. The van der Waals surface area contributed by atoms with Crippen LogP contribution in [0.1, 0.15) is 17.1 Å². The first-order valence-corrected chi connectivity index (χ1v) is 6.90. The molecule has 0 saturated carbocycles. The van der Waals surface area contributed by atoms with Crippen LogP contribution in [0.15, 0.2) is 45.9 Å². The van der Waals surface area contributed by atoms with Gasteiger partial charge in [0, 0.05) is 5.56 Å². The van der Waals surface area contributed by atoms with Crippen LogP contribution in [0.3, 0.4) is 0 Å². The molecule has 0 radical (unpaired) electrons. The van der Waals surface area contributed by atoms with Gasteiger partial charge < -0.3 is 4.42 Å². The second-order valence-corrected chi connectivity index (χ2v) is 5.06. The van der Waals surface area contributed by atoms with Gasteiger partial charge in [0.15, 0.2) is 5.82 Å². The SMILES string of the molecule is Cc1ccc(/C=N\n2c(-c3ccccc3C)n[nH]c2=S)o1. The molecule has 2 aromatic heterocycles. The van der Waals surface area contributed by atoms with Gasteiger partial charge in [0.25, 0.3) is 0 Å². The van der Waals surface area contributed by atoms with Crippen LogP contribution in [0.4, 0.5) is 0 Å². The fourth-order valence-corrected chi connectivity index (χ4v) is 2.21. The minimum Gasteiger partial charge on any atom is -0.460 e. The molecule has 0 atom stereocenters. The van der Waals surface area contributed by atoms with Crippen LogP contribution in [0.5, 0.6) is 0 Å². The van der Waals surface area contributed by atoms with E-state index in [2.05, 4.69) is 15.3 Å². The van der Waals surface area contributed by atoms with Gasteiger partial charge >= 0.3 is 0 Å². The van der Waals surface area contributed by atoms with Gasteiger partial charge in [-0.25, -0.2) is 5.10 Å². The number of rotatable bonds is 3. The maximum absolute atomic E-state index is 5.46. The number of aromatic nitrogens is 3. The monoisotopic (exact) mass is 298 g/mol. The van der Waals surface area contributed by atoms with Crippen molar-refractivity contribution >= 4 is 18.4 Å². The largest absolute Gasteiger partial charge is 0.460 e. The molecule has 0 amide bonds. The van der Waals surface area contributed by atoms with E-state index in [0.717, 1.165) is 16.9 Å². The molecule has 0 aliphatic heterocycles. The van der Waals surface area contributed by atoms with E-state index >= 15 is 0 Å². The molecule has 1 aromatic carbocycles. The molecule has 5 nitrogen and oxygen atoms in total. The Morgan fingerprint density at radius 2 is 2.05 bits per heavy atom. The van der Waals surface area contributed by atoms with Crippen LogP contribution in [-0.4, -0.2) is 21.1 Å². The van der Waals surface area contributed by atoms with Crippen LogP contribution in [0, 0.1) is 18.6 Å². The molecule has 3 aromatic rings. The summed E-state index contributed by atoms with van der Waals surface area (Å²) in [6, 6.07) is 11.7. The number of hydrogen-bond donors (Lipinski definition) is 1. The van der Waals surface area contributed by atoms with E-state index in [0.29, 0.717) is 16.4 Å². The van der Waals surface area contributed by atoms with Crippen molar-refractivity contribution in [1.29, 1.82) is 0 Å². The van der Waals surface area contributed by atoms with Crippen LogP contribution in [-0.2, 0) is 0 Å². The van der Waals surface area contributed by atoms with Crippen LogP contribution in [0.2, 0.25) is 0 Å². The molecule has 106 valence electrons. The van der Waals surface area contributed by atoms with Gasteiger partial charge in [0.1, 0.15) is 11.5 Å². The molecule has 1 N–H and O–H groups in total. The third-order valence-corrected chi connectivity index (χ3v) is 3.36. The summed E-state index contributed by atoms with van der Waals surface area (Å²) in [5.41, 5.74) is 2.09. The van der Waals surface area contributed by atoms with Gasteiger partial charge in [0.05, 0.1) is 6.21 Å². The second kappa shape index (κ2) is 5.49. The minimum atomic E-state index is 0.438. The summed E-state index contributed by atoms with van der Waals surface area (Å²) in [5, 5.41) is 11.4. The molecule has 2 heterocycles. The number of hydrogen-bond acceptors (Lipinski definition) is 4. The second-order valence-electron chi connectivity index (χ2n) is 4.67. The summed E-state index contributed by atoms with van der Waals surface area (Å²) in [6.45, 7) is 3.91. The summed E-state index contributed by atoms with van der Waals surface area (Å²) in [6.07, 6.45) is 1.63. The fourth-order valence-electron chi connectivity index (χ4n) is 2.03. The van der Waals surface area contributed by atoms with Gasteiger partial charge in [-0.05, 0) is 43.8 Å². The highest BCUT2D eigenvalue weighted by atomic mass is 32.1. The van der Waals surface area contributed by atoms with Gasteiger partial charge in [-0.1, -0.05) is 24.3 Å². The van der Waals surface area contributed by atoms with E-state index in [-0.39, 0.29) is 0 Å². The zero-order valence-electron chi connectivity index (χ0n) is 11.7. The number of aryl methyl sites for hydroxylation is 2. The van der Waals surface area contributed by atoms with Crippen molar-refractivity contribution < 1.29 is 4.42 Å². The van der Waals surface area contributed by atoms with E-state index in [4.69, 9.17) is 16.6 Å². The standard InChI is InChI=1S/C15H14N4OS/c1-10-5-3-4-6-13(10)14-17-18-15(21)19(14)16-9-12-8-7-11(2)20-12/h3-9H,1-2H3,(H,18,21)/b16-9-. The highest BCUT2D eigenvalue weighted by molar-refractivity contribution is 7.71. The van der Waals surface area contributed by atoms with Crippen LogP contribution < -0.4 is 0 Å². The number of nitrogens with one attached hydrogen (secondary N) is 1. The normalized spacial score (nSPS) is 11.3. The van der Waals surface area contributed by atoms with Crippen molar-refractivity contribution in [3.63, 3.8) is 0 Å². The highest BCUT2D eigenvalue weighted by Crippen LogP contribution is 2.21. The quantitative estimate of drug-likeness (QED) is 0.592. The average Bonchev–Trinajstić information content (AvgIpc) is 3.04. The first-order chi connectivity index (χ1) is 10.1. The van der Waals surface area contributed by atoms with Gasteiger partial charge in [-0.2, -0.15) is 14.9 Å². The fraction of sp³-hybridized carbons (Fsp3) is 0.133. The summed E-state index contributed by atoms with van der Waals surface area (Å²) in [5.74, 6) is 2.19. The molecule has 0 spiro atoms. The lowest BCUT2D eigenvalue weighted by Gasteiger charge is -2.03. The lowest BCUT2D eigenvalue weighted by atomic mass is 10.1. The maximum Gasteiger partial charge on any atom is 0.216 e. The lowest BCUT2D eigenvalue weighted by molar-refractivity contribution is 0.527. The van der Waals surface area contributed by atoms with E-state index < -0.39 is 0 Å². The zero-order valence-corrected chi connectivity index (χ0v) is 12.5. The number of H-pyrrole nitrogens is 1. The summed E-state index contributed by atoms with van der Waals surface area (Å²) in [7, 11) is 0. The minimum absolute atomic E-state index is 0.438. The predicted molar refractivity (Wildman–Crippen MR) is 84.0 cm³/mol. The van der Waals surface area contributed by atoms with E-state index in [1.165, 1.54) is 0 Å². The highest BCUT2D eigenvalue weighted by Gasteiger charge is 2.10. The predicted octanol–water partition coefficient (Wildman–Crippen LogP) is 3.70. The van der Waals surface area contributed by atoms with Crippen molar-refractivity contribution in [2.24, 2.45) is 5.10 Å². The number of furan rings is 1. The number of nitrogens with zero attached hydrogens (tertiary/aromatic N) is 3. The molecule has 0 aliphatic rings. The van der Waals surface area contributed by atoms with Gasteiger partial charge in [0.2, 0.25) is 4.77 Å². The van der Waals surface area contributed by atoms with Crippen LogP contribution >= 0.6 is 12.2 Å². The summed E-state index contributed by atoms with van der Waals surface area (Å²) in [4.78, 5) is 0. The first-order valence-electron chi connectivity index (χ1n) is 6.49. The number of benzene rings is 1. The molecule has 0 bridgehead atoms. The van der Waals surface area contributed by atoms with Gasteiger partial charge in [-0.3, -0.25) is 0 Å². The van der Waals surface area contributed by atoms with E-state index in [9.17, 15) is 0 Å². The molecule has 0 fully saturated rings. The Balaban J connectivity index is 2.04. The molecule has 21 heavy (non-hydrogen) atoms. The summed E-state index contributed by atoms with van der Waals surface area (Å²) >= 11 is 5.24. The van der Waals surface area contributed by atoms with Crippen molar-refractivity contribution in [2.45, 2.75) is 13.8 Å². The summed E-state index contributed by atoms with van der Waals surface area (Å²) < 4.78 is 7.49. The molecule has 0 unspecified atom stereocenters. The molecule has 0 saturated heterocycles. The Morgan fingerprint density at radius 3 is 2.76 bits per heavy atom. The molecule has 6 heteroatoms. The van der Waals surface area contributed by atoms with Crippen molar-refractivity contribution in [1.82, 2.24) is 14.9 Å². The average molecular weight is 298 g/mol. The molecule has 0 aliphatic carbocycles. The molecular weight excluding hydrogens is 284 g/mol. The Kier molecular flexibility index (Phi) is 3.53. The third-order valence-electron chi connectivity index (χ3n) is 3.10. The smallest absolute Gasteiger partial charge is 0.216 e. The number of aromatic amines is 1. The van der Waals surface area contributed by atoms with Crippen molar-refractivity contribution in [3.8, 4) is 11.4 Å². The zero-order chi connectivity index (χ0) is 14.8. The van der Waals surface area contributed by atoms with Crippen LogP contribution in [0.25, 0.3) is 11.4 Å². The Labute approximate surface area is 126 Å². The Bertz CT molecular complexity index is 856. The van der Waals surface area contributed by atoms with E-state index in [1.54, 1.807) is 10.9 Å². The molecular formula is C15H14N4OS. The Hall–Kier alpha value is -2.47.